The highest BCUT2D eigenvalue weighted by atomic mass is 32.2. The number of nitrogens with one attached hydrogen (secondary N) is 2. The lowest BCUT2D eigenvalue weighted by Crippen LogP contribution is -2.30. The third kappa shape index (κ3) is 4.83. The van der Waals surface area contributed by atoms with Gasteiger partial charge in [0, 0.05) is 37.7 Å². The van der Waals surface area contributed by atoms with Gasteiger partial charge in [0.15, 0.2) is 0 Å². The summed E-state index contributed by atoms with van der Waals surface area (Å²) in [7, 11) is -0.534. The minimum atomic E-state index is -3.60. The monoisotopic (exact) mass is 479 g/mol. The number of H-pyrrole nitrogens is 2. The van der Waals surface area contributed by atoms with E-state index < -0.39 is 15.7 Å². The molecule has 1 atom stereocenters. The van der Waals surface area contributed by atoms with Gasteiger partial charge in [-0.25, -0.2) is 17.5 Å². The molecule has 1 heterocycles. The highest BCUT2D eigenvalue weighted by Crippen LogP contribution is 2.38. The van der Waals surface area contributed by atoms with E-state index in [-0.39, 0.29) is 11.5 Å². The third-order valence-electron chi connectivity index (χ3n) is 6.36. The Morgan fingerprint density at radius 3 is 2.41 bits per heavy atom. The lowest BCUT2D eigenvalue weighted by molar-refractivity contribution is 0.520. The van der Waals surface area contributed by atoms with Crippen LogP contribution in [0.2, 0.25) is 0 Å². The van der Waals surface area contributed by atoms with E-state index in [0.717, 1.165) is 16.7 Å². The minimum absolute atomic E-state index is 0.0307. The Balaban J connectivity index is 1.69. The van der Waals surface area contributed by atoms with Gasteiger partial charge in [-0.05, 0) is 54.5 Å². The van der Waals surface area contributed by atoms with Gasteiger partial charge >= 0.3 is 5.69 Å². The topological polar surface area (TPSA) is 103 Å². The Morgan fingerprint density at radius 1 is 1.03 bits per heavy atom. The average Bonchev–Trinajstić information content (AvgIpc) is 2.81. The molecular weight excluding hydrogens is 450 g/mol. The largest absolute Gasteiger partial charge is 0.325 e. The van der Waals surface area contributed by atoms with Gasteiger partial charge < -0.3 is 4.98 Å². The predicted octanol–water partition coefficient (Wildman–Crippen LogP) is 3.56. The van der Waals surface area contributed by atoms with Crippen LogP contribution < -0.4 is 11.2 Å². The summed E-state index contributed by atoms with van der Waals surface area (Å²) in [6, 6.07) is 15.2. The van der Waals surface area contributed by atoms with Gasteiger partial charge in [-0.2, -0.15) is 0 Å². The predicted molar refractivity (Wildman–Crippen MR) is 134 cm³/mol. The van der Waals surface area contributed by atoms with Gasteiger partial charge in [-0.1, -0.05) is 48.5 Å². The molecule has 1 unspecified atom stereocenters. The first-order chi connectivity index (χ1) is 16.2. The van der Waals surface area contributed by atoms with Crippen LogP contribution in [0.15, 0.2) is 69.1 Å². The van der Waals surface area contributed by atoms with E-state index in [1.165, 1.54) is 18.4 Å². The second-order valence-electron chi connectivity index (χ2n) is 8.95. The van der Waals surface area contributed by atoms with E-state index in [9.17, 15) is 18.0 Å². The molecule has 0 saturated heterocycles. The van der Waals surface area contributed by atoms with Crippen molar-refractivity contribution < 1.29 is 8.42 Å². The highest BCUT2D eigenvalue weighted by molar-refractivity contribution is 7.89. The first kappa shape index (κ1) is 23.9. The number of sulfonamides is 1. The number of benzene rings is 2. The van der Waals surface area contributed by atoms with Crippen LogP contribution in [0.4, 0.5) is 0 Å². The molecule has 0 amide bonds. The normalized spacial score (nSPS) is 16.5. The zero-order valence-electron chi connectivity index (χ0n) is 19.6. The molecule has 1 aliphatic rings. The summed E-state index contributed by atoms with van der Waals surface area (Å²) in [4.78, 5) is 30.3. The summed E-state index contributed by atoms with van der Waals surface area (Å²) in [6.07, 6.45) is 4.41. The summed E-state index contributed by atoms with van der Waals surface area (Å²) < 4.78 is 27.1. The second kappa shape index (κ2) is 9.56. The zero-order chi connectivity index (χ0) is 24.5. The standard InChI is InChI=1S/C26H29N3O4S/c1-17-9-14-21(23(15-17)34(32,33)29(2)3)19-10-12-20(13-11-19)24-22(25(30)28-26(31)27-24)16-18-7-5-4-6-8-18/h4-10,14-15,20H,11-13,16H2,1-3H3,(H2,27,28,30,31). The molecule has 0 fully saturated rings. The first-order valence-corrected chi connectivity index (χ1v) is 12.7. The van der Waals surface area contributed by atoms with Crippen molar-refractivity contribution >= 4 is 15.6 Å². The van der Waals surface area contributed by atoms with Crippen LogP contribution in [-0.2, 0) is 16.4 Å². The summed E-state index contributed by atoms with van der Waals surface area (Å²) in [6.45, 7) is 1.88. The fourth-order valence-corrected chi connectivity index (χ4v) is 5.71. The fraction of sp³-hybridized carbons (Fsp3) is 0.308. The maximum atomic E-state index is 12.9. The molecule has 2 N–H and O–H groups in total. The van der Waals surface area contributed by atoms with Crippen LogP contribution in [0, 0.1) is 6.92 Å². The number of hydrogen-bond donors (Lipinski definition) is 2. The van der Waals surface area contributed by atoms with Gasteiger partial charge in [0.05, 0.1) is 4.90 Å². The molecule has 4 rings (SSSR count). The van der Waals surface area contributed by atoms with E-state index in [4.69, 9.17) is 0 Å². The number of aryl methyl sites for hydroxylation is 1. The van der Waals surface area contributed by atoms with Gasteiger partial charge in [0.2, 0.25) is 10.0 Å². The van der Waals surface area contributed by atoms with Crippen molar-refractivity contribution in [3.8, 4) is 0 Å². The van der Waals surface area contributed by atoms with Crippen LogP contribution in [0.1, 0.15) is 53.1 Å². The van der Waals surface area contributed by atoms with Crippen molar-refractivity contribution in [2.75, 3.05) is 14.1 Å². The zero-order valence-corrected chi connectivity index (χ0v) is 20.4. The van der Waals surface area contributed by atoms with Crippen molar-refractivity contribution in [3.63, 3.8) is 0 Å². The molecule has 1 aliphatic carbocycles. The van der Waals surface area contributed by atoms with Crippen LogP contribution in [0.5, 0.6) is 0 Å². The molecule has 3 aromatic rings. The SMILES string of the molecule is Cc1ccc(C2=CCC(c3[nH]c(=O)[nH]c(=O)c3Cc3ccccc3)CC2)c(S(=O)(=O)N(C)C)c1. The number of aromatic nitrogens is 2. The van der Waals surface area contributed by atoms with Crippen molar-refractivity contribution in [2.45, 2.75) is 43.4 Å². The van der Waals surface area contributed by atoms with Crippen molar-refractivity contribution in [2.24, 2.45) is 0 Å². The Bertz CT molecular complexity index is 1450. The molecule has 8 heteroatoms. The molecule has 34 heavy (non-hydrogen) atoms. The van der Waals surface area contributed by atoms with Crippen molar-refractivity contribution in [1.82, 2.24) is 14.3 Å². The summed E-state index contributed by atoms with van der Waals surface area (Å²) in [5.41, 5.74) is 3.91. The van der Waals surface area contributed by atoms with E-state index >= 15 is 0 Å². The van der Waals surface area contributed by atoms with Crippen LogP contribution in [0.3, 0.4) is 0 Å². The van der Waals surface area contributed by atoms with Crippen molar-refractivity contribution in [3.05, 3.63) is 103 Å². The van der Waals surface area contributed by atoms with Crippen LogP contribution in [-0.4, -0.2) is 36.8 Å². The molecule has 1 aromatic heterocycles. The van der Waals surface area contributed by atoms with Crippen molar-refractivity contribution in [1.29, 1.82) is 0 Å². The number of allylic oxidation sites excluding steroid dienone is 2. The van der Waals surface area contributed by atoms with Gasteiger partial charge in [-0.3, -0.25) is 9.78 Å². The molecule has 2 aromatic carbocycles. The van der Waals surface area contributed by atoms with Gasteiger partial charge in [0.25, 0.3) is 5.56 Å². The molecule has 0 bridgehead atoms. The fourth-order valence-electron chi connectivity index (χ4n) is 4.50. The van der Waals surface area contributed by atoms with E-state index in [1.54, 1.807) is 6.07 Å². The molecule has 178 valence electrons. The molecule has 0 aliphatic heterocycles. The molecule has 0 saturated carbocycles. The number of rotatable bonds is 6. The Hall–Kier alpha value is -3.23. The Kier molecular flexibility index (Phi) is 6.72. The van der Waals surface area contributed by atoms with Gasteiger partial charge in [0.1, 0.15) is 0 Å². The minimum Gasteiger partial charge on any atom is -0.311 e. The first-order valence-electron chi connectivity index (χ1n) is 11.3. The maximum absolute atomic E-state index is 12.9. The molecule has 0 radical (unpaired) electrons. The lowest BCUT2D eigenvalue weighted by Gasteiger charge is -2.25. The second-order valence-corrected chi connectivity index (χ2v) is 11.1. The van der Waals surface area contributed by atoms with E-state index in [2.05, 4.69) is 9.97 Å². The molecular formula is C26H29N3O4S. The summed E-state index contributed by atoms with van der Waals surface area (Å²) in [5, 5.41) is 0. The maximum Gasteiger partial charge on any atom is 0.325 e. The number of aromatic amines is 2. The quantitative estimate of drug-likeness (QED) is 0.564. The Labute approximate surface area is 199 Å². The smallest absolute Gasteiger partial charge is 0.311 e. The molecule has 0 spiro atoms. The Morgan fingerprint density at radius 2 is 1.76 bits per heavy atom. The van der Waals surface area contributed by atoms with E-state index in [1.807, 2.05) is 55.5 Å². The van der Waals surface area contributed by atoms with Crippen LogP contribution in [0.25, 0.3) is 5.57 Å². The lowest BCUT2D eigenvalue weighted by atomic mass is 9.82. The highest BCUT2D eigenvalue weighted by Gasteiger charge is 2.27. The van der Waals surface area contributed by atoms with Crippen LogP contribution >= 0.6 is 0 Å². The van der Waals surface area contributed by atoms with E-state index in [0.29, 0.717) is 47.4 Å². The summed E-state index contributed by atoms with van der Waals surface area (Å²) >= 11 is 0. The van der Waals surface area contributed by atoms with Gasteiger partial charge in [-0.15, -0.1) is 0 Å². The average molecular weight is 480 g/mol. The summed E-state index contributed by atoms with van der Waals surface area (Å²) in [5.74, 6) is -0.0307. The molecule has 7 nitrogen and oxygen atoms in total. The number of hydrogen-bond acceptors (Lipinski definition) is 4. The third-order valence-corrected chi connectivity index (χ3v) is 8.21. The number of nitrogens with zero attached hydrogens (tertiary/aromatic N) is 1.